The van der Waals surface area contributed by atoms with Crippen molar-refractivity contribution < 1.29 is 19.1 Å². The summed E-state index contributed by atoms with van der Waals surface area (Å²) in [6.07, 6.45) is 0.119. The van der Waals surface area contributed by atoms with E-state index in [1.54, 1.807) is 4.90 Å². The Hall–Kier alpha value is -2.82. The van der Waals surface area contributed by atoms with E-state index in [1.165, 1.54) is 0 Å². The highest BCUT2D eigenvalue weighted by molar-refractivity contribution is 5.98. The van der Waals surface area contributed by atoms with Crippen molar-refractivity contribution in [2.75, 3.05) is 18.1 Å². The monoisotopic (exact) mass is 325 g/mol. The molecule has 2 aromatic carbocycles. The Balaban J connectivity index is 1.67. The Morgan fingerprint density at radius 2 is 1.83 bits per heavy atom. The average Bonchev–Trinajstić information content (AvgIpc) is 2.57. The number of nitrogens with zero attached hydrogens (tertiary/aromatic N) is 1. The molecule has 5 heteroatoms. The van der Waals surface area contributed by atoms with Crippen molar-refractivity contribution in [3.05, 3.63) is 53.6 Å². The summed E-state index contributed by atoms with van der Waals surface area (Å²) in [6, 6.07) is 13.0. The average molecular weight is 325 g/mol. The van der Waals surface area contributed by atoms with Gasteiger partial charge in [0.2, 0.25) is 0 Å². The molecule has 2 aromatic rings. The van der Waals surface area contributed by atoms with E-state index in [2.05, 4.69) is 0 Å². The first-order chi connectivity index (χ1) is 11.6. The molecular weight excluding hydrogens is 306 g/mol. The van der Waals surface area contributed by atoms with Crippen LogP contribution in [-0.4, -0.2) is 25.0 Å². The molecule has 0 aromatic heterocycles. The van der Waals surface area contributed by atoms with E-state index >= 15 is 0 Å². The van der Waals surface area contributed by atoms with Gasteiger partial charge in [-0.2, -0.15) is 0 Å². The van der Waals surface area contributed by atoms with Crippen LogP contribution in [0.25, 0.3) is 0 Å². The smallest absolute Gasteiger partial charge is 0.313 e. The molecule has 0 saturated carbocycles. The van der Waals surface area contributed by atoms with Gasteiger partial charge in [-0.25, -0.2) is 0 Å². The molecule has 24 heavy (non-hydrogen) atoms. The molecular formula is C19H19NO4. The molecule has 0 radical (unpaired) electrons. The van der Waals surface area contributed by atoms with E-state index in [4.69, 9.17) is 9.47 Å². The SMILES string of the molecule is Cc1cccc(C)c1OC(=O)CCN1C(=O)COc2ccccc21. The van der Waals surface area contributed by atoms with Crippen LogP contribution in [0.15, 0.2) is 42.5 Å². The van der Waals surface area contributed by atoms with E-state index < -0.39 is 0 Å². The summed E-state index contributed by atoms with van der Waals surface area (Å²) in [5.74, 6) is 0.731. The highest BCUT2D eigenvalue weighted by Gasteiger charge is 2.25. The van der Waals surface area contributed by atoms with Gasteiger partial charge in [0.25, 0.3) is 5.91 Å². The van der Waals surface area contributed by atoms with Crippen molar-refractivity contribution >= 4 is 17.6 Å². The lowest BCUT2D eigenvalue weighted by Crippen LogP contribution is -2.40. The normalized spacial score (nSPS) is 13.2. The van der Waals surface area contributed by atoms with Crippen molar-refractivity contribution in [2.45, 2.75) is 20.3 Å². The number of carbonyl (C=O) groups is 2. The van der Waals surface area contributed by atoms with Crippen LogP contribution in [0.1, 0.15) is 17.5 Å². The van der Waals surface area contributed by atoms with E-state index in [-0.39, 0.29) is 31.4 Å². The van der Waals surface area contributed by atoms with E-state index in [9.17, 15) is 9.59 Å². The summed E-state index contributed by atoms with van der Waals surface area (Å²) >= 11 is 0. The van der Waals surface area contributed by atoms with Gasteiger partial charge in [-0.15, -0.1) is 0 Å². The lowest BCUT2D eigenvalue weighted by atomic mass is 10.1. The zero-order valence-electron chi connectivity index (χ0n) is 13.7. The molecule has 0 aliphatic carbocycles. The Morgan fingerprint density at radius 1 is 1.12 bits per heavy atom. The standard InChI is InChI=1S/C19H19NO4/c1-13-6-5-7-14(2)19(13)24-18(22)10-11-20-15-8-3-4-9-16(15)23-12-17(20)21/h3-9H,10-12H2,1-2H3. The maximum absolute atomic E-state index is 12.2. The number of benzene rings is 2. The van der Waals surface area contributed by atoms with Crippen molar-refractivity contribution in [2.24, 2.45) is 0 Å². The summed E-state index contributed by atoms with van der Waals surface area (Å²) < 4.78 is 10.9. The fraction of sp³-hybridized carbons (Fsp3) is 0.263. The predicted molar refractivity (Wildman–Crippen MR) is 90.5 cm³/mol. The second-order valence-electron chi connectivity index (χ2n) is 5.75. The third kappa shape index (κ3) is 3.25. The third-order valence-corrected chi connectivity index (χ3v) is 3.97. The number of para-hydroxylation sites is 3. The zero-order chi connectivity index (χ0) is 17.1. The first-order valence-corrected chi connectivity index (χ1v) is 7.85. The maximum Gasteiger partial charge on any atom is 0.313 e. The molecule has 0 spiro atoms. The number of anilines is 1. The molecule has 0 unspecified atom stereocenters. The quantitative estimate of drug-likeness (QED) is 0.640. The molecule has 0 atom stereocenters. The fourth-order valence-electron chi connectivity index (χ4n) is 2.73. The van der Waals surface area contributed by atoms with Crippen LogP contribution in [0.4, 0.5) is 5.69 Å². The molecule has 3 rings (SSSR count). The summed E-state index contributed by atoms with van der Waals surface area (Å²) in [5.41, 5.74) is 2.51. The van der Waals surface area contributed by atoms with Crippen molar-refractivity contribution in [1.82, 2.24) is 0 Å². The van der Waals surface area contributed by atoms with E-state index in [0.717, 1.165) is 11.1 Å². The van der Waals surface area contributed by atoms with E-state index in [1.807, 2.05) is 56.3 Å². The van der Waals surface area contributed by atoms with Crippen LogP contribution in [0.5, 0.6) is 11.5 Å². The fourth-order valence-corrected chi connectivity index (χ4v) is 2.73. The van der Waals surface area contributed by atoms with Gasteiger partial charge < -0.3 is 14.4 Å². The number of esters is 1. The highest BCUT2D eigenvalue weighted by atomic mass is 16.5. The molecule has 1 heterocycles. The first-order valence-electron chi connectivity index (χ1n) is 7.85. The molecule has 5 nitrogen and oxygen atoms in total. The van der Waals surface area contributed by atoms with Crippen molar-refractivity contribution in [1.29, 1.82) is 0 Å². The van der Waals surface area contributed by atoms with Crippen LogP contribution < -0.4 is 14.4 Å². The second kappa shape index (κ2) is 6.74. The van der Waals surface area contributed by atoms with Gasteiger partial charge >= 0.3 is 5.97 Å². The third-order valence-electron chi connectivity index (χ3n) is 3.97. The maximum atomic E-state index is 12.2. The Bertz CT molecular complexity index is 764. The lowest BCUT2D eigenvalue weighted by Gasteiger charge is -2.29. The Morgan fingerprint density at radius 3 is 2.58 bits per heavy atom. The minimum Gasteiger partial charge on any atom is -0.482 e. The second-order valence-corrected chi connectivity index (χ2v) is 5.75. The number of hydrogen-bond acceptors (Lipinski definition) is 4. The molecule has 1 amide bonds. The van der Waals surface area contributed by atoms with Crippen LogP contribution in [0.2, 0.25) is 0 Å². The number of fused-ring (bicyclic) bond motifs is 1. The first kappa shape index (κ1) is 16.1. The lowest BCUT2D eigenvalue weighted by molar-refractivity contribution is -0.134. The summed E-state index contributed by atoms with van der Waals surface area (Å²) in [7, 11) is 0. The molecule has 0 saturated heterocycles. The molecule has 0 bridgehead atoms. The van der Waals surface area contributed by atoms with Gasteiger partial charge in [-0.1, -0.05) is 30.3 Å². The van der Waals surface area contributed by atoms with Gasteiger partial charge in [-0.05, 0) is 37.1 Å². The largest absolute Gasteiger partial charge is 0.482 e. The van der Waals surface area contributed by atoms with Gasteiger partial charge in [-0.3, -0.25) is 9.59 Å². The van der Waals surface area contributed by atoms with Crippen molar-refractivity contribution in [3.63, 3.8) is 0 Å². The number of amides is 1. The molecule has 0 N–H and O–H groups in total. The number of hydrogen-bond donors (Lipinski definition) is 0. The number of aryl methyl sites for hydroxylation is 2. The number of rotatable bonds is 4. The van der Waals surface area contributed by atoms with Gasteiger partial charge in [0.15, 0.2) is 6.61 Å². The molecule has 1 aliphatic heterocycles. The number of ether oxygens (including phenoxy) is 2. The predicted octanol–water partition coefficient (Wildman–Crippen LogP) is 3.02. The summed E-state index contributed by atoms with van der Waals surface area (Å²) in [4.78, 5) is 25.8. The Kier molecular flexibility index (Phi) is 4.51. The molecule has 1 aliphatic rings. The minimum absolute atomic E-state index is 0.0109. The van der Waals surface area contributed by atoms with E-state index in [0.29, 0.717) is 17.2 Å². The molecule has 124 valence electrons. The molecule has 0 fully saturated rings. The number of carbonyl (C=O) groups excluding carboxylic acids is 2. The van der Waals surface area contributed by atoms with Crippen LogP contribution in [-0.2, 0) is 9.59 Å². The van der Waals surface area contributed by atoms with Gasteiger partial charge in [0.05, 0.1) is 12.1 Å². The highest BCUT2D eigenvalue weighted by Crippen LogP contribution is 2.31. The summed E-state index contributed by atoms with van der Waals surface area (Å²) in [6.45, 7) is 4.06. The van der Waals surface area contributed by atoms with Crippen molar-refractivity contribution in [3.8, 4) is 11.5 Å². The van der Waals surface area contributed by atoms with Crippen LogP contribution in [0, 0.1) is 13.8 Å². The van der Waals surface area contributed by atoms with Crippen LogP contribution >= 0.6 is 0 Å². The van der Waals surface area contributed by atoms with Gasteiger partial charge in [0, 0.05) is 6.54 Å². The summed E-state index contributed by atoms with van der Waals surface area (Å²) in [5, 5.41) is 0. The topological polar surface area (TPSA) is 55.8 Å². The Labute approximate surface area is 140 Å². The van der Waals surface area contributed by atoms with Gasteiger partial charge in [0.1, 0.15) is 11.5 Å². The zero-order valence-corrected chi connectivity index (χ0v) is 13.7. The minimum atomic E-state index is -0.357. The van der Waals surface area contributed by atoms with Crippen LogP contribution in [0.3, 0.4) is 0 Å².